The van der Waals surface area contributed by atoms with Gasteiger partial charge in [-0.15, -0.1) is 0 Å². The van der Waals surface area contributed by atoms with E-state index in [-0.39, 0.29) is 28.5 Å². The number of halogens is 2. The summed E-state index contributed by atoms with van der Waals surface area (Å²) in [6.07, 6.45) is 0.928. The van der Waals surface area contributed by atoms with Crippen LogP contribution in [0.4, 0.5) is 14.5 Å². The van der Waals surface area contributed by atoms with Crippen molar-refractivity contribution in [3.05, 3.63) is 59.4 Å². The number of aromatic nitrogens is 1. The van der Waals surface area contributed by atoms with Crippen LogP contribution in [0.2, 0.25) is 0 Å². The molecule has 1 aliphatic heterocycles. The number of hydrogen-bond acceptors (Lipinski definition) is 6. The van der Waals surface area contributed by atoms with Crippen LogP contribution in [0.3, 0.4) is 0 Å². The Morgan fingerprint density at radius 1 is 1.31 bits per heavy atom. The smallest absolute Gasteiger partial charge is 0.274 e. The molecule has 0 saturated heterocycles. The Kier molecular flexibility index (Phi) is 5.40. The van der Waals surface area contributed by atoms with Crippen LogP contribution >= 0.6 is 0 Å². The second kappa shape index (κ2) is 7.51. The van der Waals surface area contributed by atoms with E-state index < -0.39 is 38.1 Å². The van der Waals surface area contributed by atoms with Crippen LogP contribution in [0.15, 0.2) is 45.9 Å². The first kappa shape index (κ1) is 20.8. The van der Waals surface area contributed by atoms with Crippen molar-refractivity contribution in [3.63, 3.8) is 0 Å². The fourth-order valence-electron chi connectivity index (χ4n) is 2.99. The van der Waals surface area contributed by atoms with Gasteiger partial charge in [-0.05, 0) is 44.2 Å². The number of pyridine rings is 1. The number of anilines is 1. The quantitative estimate of drug-likeness (QED) is 0.794. The number of benzene rings is 1. The maximum atomic E-state index is 14.5. The zero-order valence-corrected chi connectivity index (χ0v) is 17.0. The zero-order chi connectivity index (χ0) is 21.4. The van der Waals surface area contributed by atoms with Crippen LogP contribution < -0.4 is 11.1 Å². The third-order valence-electron chi connectivity index (χ3n) is 4.96. The van der Waals surface area contributed by atoms with E-state index in [2.05, 4.69) is 19.7 Å². The maximum Gasteiger partial charge on any atom is 0.274 e. The standard InChI is InChI=1S/C19H21F2N5O2S/c1-19(2)18(22)26-16(10-29(19,28)23-3)13-8-12(5-6-14(13)21)25-17(27)15-7-4-11(20)9-24-15/h4-9,16H,10H2,1-3H3,(H2,22,26)(H,25,27). The number of amides is 1. The number of hydrogen-bond donors (Lipinski definition) is 2. The number of carbonyl (C=O) groups is 1. The van der Waals surface area contributed by atoms with Gasteiger partial charge in [-0.2, -0.15) is 0 Å². The molecule has 1 aromatic carbocycles. The number of aliphatic imine (C=N–C) groups is 1. The normalized spacial score (nSPS) is 23.2. The molecule has 2 unspecified atom stereocenters. The Labute approximate surface area is 167 Å². The van der Waals surface area contributed by atoms with Gasteiger partial charge in [0.25, 0.3) is 5.91 Å². The molecule has 3 rings (SSSR count). The number of nitrogens with two attached hydrogens (primary N) is 1. The van der Waals surface area contributed by atoms with Crippen LogP contribution in [0.25, 0.3) is 0 Å². The maximum absolute atomic E-state index is 14.5. The summed E-state index contributed by atoms with van der Waals surface area (Å²) in [5.74, 6) is -1.57. The lowest BCUT2D eigenvalue weighted by Crippen LogP contribution is -2.50. The summed E-state index contributed by atoms with van der Waals surface area (Å²) in [6.45, 7) is 3.39. The van der Waals surface area contributed by atoms with Crippen LogP contribution in [-0.2, 0) is 9.73 Å². The molecule has 10 heteroatoms. The molecule has 0 saturated carbocycles. The van der Waals surface area contributed by atoms with Crippen molar-refractivity contribution >= 4 is 27.2 Å². The minimum absolute atomic E-state index is 0.00500. The van der Waals surface area contributed by atoms with Gasteiger partial charge in [0.2, 0.25) is 0 Å². The number of carbonyl (C=O) groups excluding carboxylic acids is 1. The molecule has 0 spiro atoms. The second-order valence-electron chi connectivity index (χ2n) is 7.08. The molecular weight excluding hydrogens is 400 g/mol. The van der Waals surface area contributed by atoms with E-state index in [1.807, 2.05) is 0 Å². The van der Waals surface area contributed by atoms with Crippen molar-refractivity contribution in [2.75, 3.05) is 18.1 Å². The highest BCUT2D eigenvalue weighted by molar-refractivity contribution is 7.95. The highest BCUT2D eigenvalue weighted by atomic mass is 32.2. The molecular formula is C19H21F2N5O2S. The molecule has 1 aromatic heterocycles. The number of amidine groups is 1. The first-order valence-electron chi connectivity index (χ1n) is 8.76. The molecule has 0 bridgehead atoms. The summed E-state index contributed by atoms with van der Waals surface area (Å²) >= 11 is 0. The Balaban J connectivity index is 1.94. The van der Waals surface area contributed by atoms with Crippen molar-refractivity contribution in [2.45, 2.75) is 24.6 Å². The highest BCUT2D eigenvalue weighted by Crippen LogP contribution is 2.35. The summed E-state index contributed by atoms with van der Waals surface area (Å²) in [7, 11) is -1.34. The fraction of sp³-hybridized carbons (Fsp3) is 0.316. The summed E-state index contributed by atoms with van der Waals surface area (Å²) in [4.78, 5) is 20.3. The molecule has 0 radical (unpaired) electrons. The van der Waals surface area contributed by atoms with Gasteiger partial charge in [-0.25, -0.2) is 22.3 Å². The van der Waals surface area contributed by atoms with Gasteiger partial charge in [0.05, 0.1) is 27.7 Å². The van der Waals surface area contributed by atoms with Crippen molar-refractivity contribution < 1.29 is 17.8 Å². The lowest BCUT2D eigenvalue weighted by Gasteiger charge is -2.35. The Bertz CT molecular complexity index is 1110. The molecule has 1 amide bonds. The molecule has 29 heavy (non-hydrogen) atoms. The van der Waals surface area contributed by atoms with E-state index in [0.29, 0.717) is 0 Å². The average molecular weight is 421 g/mol. The van der Waals surface area contributed by atoms with Gasteiger partial charge in [0, 0.05) is 18.3 Å². The molecule has 2 atom stereocenters. The van der Waals surface area contributed by atoms with Crippen LogP contribution in [0.5, 0.6) is 0 Å². The predicted octanol–water partition coefficient (Wildman–Crippen LogP) is 2.90. The first-order valence-corrected chi connectivity index (χ1v) is 10.4. The third-order valence-corrected chi connectivity index (χ3v) is 8.12. The lowest BCUT2D eigenvalue weighted by atomic mass is 10.1. The average Bonchev–Trinajstić information content (AvgIpc) is 2.68. The lowest BCUT2D eigenvalue weighted by molar-refractivity contribution is 0.102. The van der Waals surface area contributed by atoms with E-state index in [9.17, 15) is 17.8 Å². The van der Waals surface area contributed by atoms with Gasteiger partial charge in [-0.3, -0.25) is 9.79 Å². The van der Waals surface area contributed by atoms with E-state index in [0.717, 1.165) is 12.3 Å². The van der Waals surface area contributed by atoms with Crippen LogP contribution in [-0.4, -0.2) is 38.5 Å². The van der Waals surface area contributed by atoms with Gasteiger partial charge in [-0.1, -0.05) is 0 Å². The molecule has 7 nitrogen and oxygen atoms in total. The van der Waals surface area contributed by atoms with E-state index >= 15 is 0 Å². The molecule has 3 N–H and O–H groups in total. The van der Waals surface area contributed by atoms with Crippen LogP contribution in [0.1, 0.15) is 35.9 Å². The Hall–Kier alpha value is -2.88. The Morgan fingerprint density at radius 3 is 2.66 bits per heavy atom. The monoisotopic (exact) mass is 421 g/mol. The minimum atomic E-state index is -2.78. The van der Waals surface area contributed by atoms with Gasteiger partial charge in [0.1, 0.15) is 27.9 Å². The largest absolute Gasteiger partial charge is 0.386 e. The highest BCUT2D eigenvalue weighted by Gasteiger charge is 2.42. The van der Waals surface area contributed by atoms with Crippen molar-refractivity contribution in [1.29, 1.82) is 0 Å². The van der Waals surface area contributed by atoms with Gasteiger partial charge >= 0.3 is 0 Å². The van der Waals surface area contributed by atoms with Crippen molar-refractivity contribution in [3.8, 4) is 0 Å². The molecule has 0 aliphatic carbocycles. The number of rotatable bonds is 3. The predicted molar refractivity (Wildman–Crippen MR) is 108 cm³/mol. The topological polar surface area (TPSA) is 110 Å². The summed E-state index contributed by atoms with van der Waals surface area (Å²) < 4.78 is 43.9. The third kappa shape index (κ3) is 3.84. The molecule has 1 aliphatic rings. The van der Waals surface area contributed by atoms with E-state index in [4.69, 9.17) is 5.73 Å². The minimum Gasteiger partial charge on any atom is -0.386 e. The number of nitrogens with zero attached hydrogens (tertiary/aromatic N) is 3. The Morgan fingerprint density at radius 2 is 2.03 bits per heavy atom. The molecule has 2 heterocycles. The fourth-order valence-corrected chi connectivity index (χ4v) is 5.07. The van der Waals surface area contributed by atoms with Gasteiger partial charge < -0.3 is 11.1 Å². The van der Waals surface area contributed by atoms with Gasteiger partial charge in [0.15, 0.2) is 0 Å². The van der Waals surface area contributed by atoms with Crippen LogP contribution in [0, 0.1) is 11.6 Å². The number of nitrogens with one attached hydrogen (secondary N) is 1. The molecule has 0 fully saturated rings. The first-order chi connectivity index (χ1) is 13.6. The van der Waals surface area contributed by atoms with E-state index in [1.54, 1.807) is 13.8 Å². The van der Waals surface area contributed by atoms with Crippen molar-refractivity contribution in [2.24, 2.45) is 15.1 Å². The molecule has 2 aromatic rings. The second-order valence-corrected chi connectivity index (χ2v) is 10.1. The van der Waals surface area contributed by atoms with Crippen molar-refractivity contribution in [1.82, 2.24) is 4.98 Å². The zero-order valence-electron chi connectivity index (χ0n) is 16.1. The summed E-state index contributed by atoms with van der Waals surface area (Å²) in [6, 6.07) is 5.51. The summed E-state index contributed by atoms with van der Waals surface area (Å²) in [5, 5.41) is 2.58. The molecule has 154 valence electrons. The summed E-state index contributed by atoms with van der Waals surface area (Å²) in [5.41, 5.74) is 6.47. The van der Waals surface area contributed by atoms with E-state index in [1.165, 1.54) is 31.3 Å². The SMILES string of the molecule is CN=S1(=O)CC(c2cc(NC(=O)c3ccc(F)cn3)ccc2F)N=C(N)C1(C)C.